The van der Waals surface area contributed by atoms with E-state index in [0.29, 0.717) is 17.1 Å². The van der Waals surface area contributed by atoms with E-state index in [0.717, 1.165) is 27.0 Å². The zero-order chi connectivity index (χ0) is 15.6. The van der Waals surface area contributed by atoms with Crippen LogP contribution in [-0.4, -0.2) is 12.1 Å². The average Bonchev–Trinajstić information content (AvgIpc) is 2.46. The molecule has 2 aromatic rings. The molecule has 0 aliphatic heterocycles. The van der Waals surface area contributed by atoms with Gasteiger partial charge in [-0.05, 0) is 54.4 Å². The predicted octanol–water partition coefficient (Wildman–Crippen LogP) is 4.39. The molecule has 5 heteroatoms. The van der Waals surface area contributed by atoms with Crippen molar-refractivity contribution >= 4 is 27.4 Å². The fourth-order valence-corrected chi connectivity index (χ4v) is 2.56. The first-order valence-electron chi connectivity index (χ1n) is 6.46. The van der Waals surface area contributed by atoms with Crippen LogP contribution in [0.5, 0.6) is 5.75 Å². The lowest BCUT2D eigenvalue weighted by atomic mass is 10.1. The van der Waals surface area contributed by atoms with E-state index >= 15 is 0 Å². The summed E-state index contributed by atoms with van der Waals surface area (Å²) in [7, 11) is 1.65. The van der Waals surface area contributed by atoms with E-state index in [4.69, 9.17) is 10.00 Å². The lowest BCUT2D eigenvalue weighted by Gasteiger charge is -2.16. The highest BCUT2D eigenvalue weighted by Gasteiger charge is 2.12. The zero-order valence-corrected chi connectivity index (χ0v) is 14.0. The minimum Gasteiger partial charge on any atom is -0.496 e. The van der Waals surface area contributed by atoms with Gasteiger partial charge in [-0.15, -0.1) is 0 Å². The highest BCUT2D eigenvalue weighted by Crippen LogP contribution is 2.33. The molecule has 0 radical (unpaired) electrons. The Bertz CT molecular complexity index is 735. The van der Waals surface area contributed by atoms with Gasteiger partial charge in [-0.3, -0.25) is 0 Å². The number of methoxy groups -OCH3 is 1. The molecule has 2 rings (SSSR count). The number of rotatable bonds is 3. The van der Waals surface area contributed by atoms with E-state index in [9.17, 15) is 0 Å². The van der Waals surface area contributed by atoms with Crippen LogP contribution >= 0.6 is 15.9 Å². The van der Waals surface area contributed by atoms with Crippen molar-refractivity contribution in [3.8, 4) is 11.8 Å². The minimum atomic E-state index is 0.562. The summed E-state index contributed by atoms with van der Waals surface area (Å²) in [5, 5.41) is 12.4. The largest absolute Gasteiger partial charge is 0.496 e. The van der Waals surface area contributed by atoms with Crippen molar-refractivity contribution in [2.75, 3.05) is 12.4 Å². The SMILES string of the molecule is COc1ccc(C)c(Nc2nc(C)c(C#N)cc2Br)c1C. The Morgan fingerprint density at radius 2 is 2.00 bits per heavy atom. The Morgan fingerprint density at radius 3 is 2.62 bits per heavy atom. The van der Waals surface area contributed by atoms with Gasteiger partial charge in [0.1, 0.15) is 17.6 Å². The Morgan fingerprint density at radius 1 is 1.29 bits per heavy atom. The van der Waals surface area contributed by atoms with Gasteiger partial charge in [0.15, 0.2) is 0 Å². The molecule has 0 unspecified atom stereocenters. The van der Waals surface area contributed by atoms with E-state index in [1.165, 1.54) is 0 Å². The van der Waals surface area contributed by atoms with Gasteiger partial charge in [-0.25, -0.2) is 4.98 Å². The first kappa shape index (κ1) is 15.3. The van der Waals surface area contributed by atoms with Gasteiger partial charge in [-0.1, -0.05) is 6.07 Å². The van der Waals surface area contributed by atoms with Crippen molar-refractivity contribution in [3.05, 3.63) is 45.1 Å². The molecule has 0 amide bonds. The zero-order valence-electron chi connectivity index (χ0n) is 12.4. The molecule has 0 atom stereocenters. The van der Waals surface area contributed by atoms with Crippen LogP contribution in [-0.2, 0) is 0 Å². The molecule has 0 fully saturated rings. The summed E-state index contributed by atoms with van der Waals surface area (Å²) in [6.45, 7) is 5.85. The summed E-state index contributed by atoms with van der Waals surface area (Å²) < 4.78 is 6.11. The summed E-state index contributed by atoms with van der Waals surface area (Å²) in [6.07, 6.45) is 0. The lowest BCUT2D eigenvalue weighted by Crippen LogP contribution is -2.02. The van der Waals surface area contributed by atoms with E-state index in [-0.39, 0.29) is 0 Å². The maximum absolute atomic E-state index is 9.03. The maximum Gasteiger partial charge on any atom is 0.145 e. The lowest BCUT2D eigenvalue weighted by molar-refractivity contribution is 0.412. The Kier molecular flexibility index (Phi) is 4.49. The molecule has 0 aliphatic rings. The third-order valence-corrected chi connectivity index (χ3v) is 3.98. The van der Waals surface area contributed by atoms with Crippen LogP contribution in [0.2, 0.25) is 0 Å². The molecule has 1 aromatic heterocycles. The van der Waals surface area contributed by atoms with Crippen molar-refractivity contribution < 1.29 is 4.74 Å². The topological polar surface area (TPSA) is 57.9 Å². The smallest absolute Gasteiger partial charge is 0.145 e. The summed E-state index contributed by atoms with van der Waals surface area (Å²) in [6, 6.07) is 7.85. The number of hydrogen-bond donors (Lipinski definition) is 1. The van der Waals surface area contributed by atoms with Gasteiger partial charge < -0.3 is 10.1 Å². The number of benzene rings is 1. The van der Waals surface area contributed by atoms with Gasteiger partial charge in [0.05, 0.1) is 22.8 Å². The number of ether oxygens (including phenoxy) is 1. The van der Waals surface area contributed by atoms with Crippen LogP contribution in [0.4, 0.5) is 11.5 Å². The van der Waals surface area contributed by atoms with E-state index in [1.54, 1.807) is 13.2 Å². The van der Waals surface area contributed by atoms with Crippen LogP contribution in [0.25, 0.3) is 0 Å². The van der Waals surface area contributed by atoms with E-state index < -0.39 is 0 Å². The maximum atomic E-state index is 9.03. The molecule has 4 nitrogen and oxygen atoms in total. The molecule has 0 aliphatic carbocycles. The molecule has 0 saturated heterocycles. The normalized spacial score (nSPS) is 10.1. The fourth-order valence-electron chi connectivity index (χ4n) is 2.14. The van der Waals surface area contributed by atoms with Crippen LogP contribution in [0, 0.1) is 32.1 Å². The number of aryl methyl sites for hydroxylation is 2. The second kappa shape index (κ2) is 6.15. The van der Waals surface area contributed by atoms with E-state index in [1.807, 2.05) is 32.9 Å². The van der Waals surface area contributed by atoms with Crippen LogP contribution in [0.15, 0.2) is 22.7 Å². The first-order valence-corrected chi connectivity index (χ1v) is 7.25. The van der Waals surface area contributed by atoms with Gasteiger partial charge in [0.25, 0.3) is 0 Å². The second-order valence-corrected chi connectivity index (χ2v) is 5.63. The number of nitrogens with one attached hydrogen (secondary N) is 1. The number of nitrogens with zero attached hydrogens (tertiary/aromatic N) is 2. The van der Waals surface area contributed by atoms with Crippen molar-refractivity contribution in [3.63, 3.8) is 0 Å². The molecule has 1 aromatic carbocycles. The summed E-state index contributed by atoms with van der Waals surface area (Å²) in [5.41, 5.74) is 4.34. The molecular weight excluding hydrogens is 330 g/mol. The number of aromatic nitrogens is 1. The standard InChI is InChI=1S/C16H16BrN3O/c1-9-5-6-14(21-4)10(2)15(9)20-16-13(17)7-12(8-18)11(3)19-16/h5-7H,1-4H3,(H,19,20). The third-order valence-electron chi connectivity index (χ3n) is 3.37. The van der Waals surface area contributed by atoms with Crippen molar-refractivity contribution in [2.24, 2.45) is 0 Å². The van der Waals surface area contributed by atoms with Crippen LogP contribution < -0.4 is 10.1 Å². The Hall–Kier alpha value is -2.06. The molecule has 21 heavy (non-hydrogen) atoms. The number of halogens is 1. The molecule has 0 spiro atoms. The summed E-state index contributed by atoms with van der Waals surface area (Å²) in [4.78, 5) is 4.46. The molecule has 0 bridgehead atoms. The second-order valence-electron chi connectivity index (χ2n) is 4.77. The molecular formula is C16H16BrN3O. The van der Waals surface area contributed by atoms with Crippen molar-refractivity contribution in [1.82, 2.24) is 4.98 Å². The number of hydrogen-bond acceptors (Lipinski definition) is 4. The molecule has 0 saturated carbocycles. The van der Waals surface area contributed by atoms with Gasteiger partial charge in [-0.2, -0.15) is 5.26 Å². The molecule has 1 heterocycles. The monoisotopic (exact) mass is 345 g/mol. The highest BCUT2D eigenvalue weighted by molar-refractivity contribution is 9.10. The Balaban J connectivity index is 2.49. The van der Waals surface area contributed by atoms with Crippen molar-refractivity contribution in [2.45, 2.75) is 20.8 Å². The van der Waals surface area contributed by atoms with Crippen LogP contribution in [0.1, 0.15) is 22.4 Å². The number of nitriles is 1. The van der Waals surface area contributed by atoms with Crippen molar-refractivity contribution in [1.29, 1.82) is 5.26 Å². The number of anilines is 2. The number of pyridine rings is 1. The predicted molar refractivity (Wildman–Crippen MR) is 87.1 cm³/mol. The summed E-state index contributed by atoms with van der Waals surface area (Å²) >= 11 is 3.46. The van der Waals surface area contributed by atoms with Crippen LogP contribution in [0.3, 0.4) is 0 Å². The van der Waals surface area contributed by atoms with Gasteiger partial charge in [0.2, 0.25) is 0 Å². The highest BCUT2D eigenvalue weighted by atomic mass is 79.9. The van der Waals surface area contributed by atoms with Gasteiger partial charge in [0, 0.05) is 11.3 Å². The van der Waals surface area contributed by atoms with E-state index in [2.05, 4.69) is 32.3 Å². The average molecular weight is 346 g/mol. The molecule has 108 valence electrons. The third kappa shape index (κ3) is 3.01. The minimum absolute atomic E-state index is 0.562. The molecule has 1 N–H and O–H groups in total. The quantitative estimate of drug-likeness (QED) is 0.895. The summed E-state index contributed by atoms with van der Waals surface area (Å²) in [5.74, 6) is 1.51. The fraction of sp³-hybridized carbons (Fsp3) is 0.250. The Labute approximate surface area is 132 Å². The van der Waals surface area contributed by atoms with Gasteiger partial charge >= 0.3 is 0 Å². The first-order chi connectivity index (χ1) is 9.97.